The molecule has 0 bridgehead atoms. The van der Waals surface area contributed by atoms with Gasteiger partial charge in [-0.15, -0.1) is 0 Å². The van der Waals surface area contributed by atoms with Gasteiger partial charge < -0.3 is 11.1 Å². The summed E-state index contributed by atoms with van der Waals surface area (Å²) in [6.45, 7) is 4.78. The van der Waals surface area contributed by atoms with Crippen molar-refractivity contribution in [3.8, 4) is 0 Å². The third-order valence-corrected chi connectivity index (χ3v) is 3.65. The predicted octanol–water partition coefficient (Wildman–Crippen LogP) is 2.16. The van der Waals surface area contributed by atoms with Crippen molar-refractivity contribution >= 4 is 5.96 Å². The van der Waals surface area contributed by atoms with Gasteiger partial charge in [-0.25, -0.2) is 4.99 Å². The van der Waals surface area contributed by atoms with E-state index < -0.39 is 0 Å². The van der Waals surface area contributed by atoms with E-state index in [0.29, 0.717) is 18.5 Å². The number of hydrogen-bond acceptors (Lipinski definition) is 2. The molecule has 1 heterocycles. The van der Waals surface area contributed by atoms with Crippen molar-refractivity contribution in [3.63, 3.8) is 0 Å². The molecular weight excluding hydrogens is 236 g/mol. The van der Waals surface area contributed by atoms with E-state index >= 15 is 0 Å². The molecule has 0 aromatic carbocycles. The van der Waals surface area contributed by atoms with Crippen LogP contribution in [-0.4, -0.2) is 17.0 Å². The van der Waals surface area contributed by atoms with E-state index in [1.165, 1.54) is 30.5 Å². The molecule has 19 heavy (non-hydrogen) atoms. The average molecular weight is 260 g/mol. The quantitative estimate of drug-likeness (QED) is 0.644. The van der Waals surface area contributed by atoms with Crippen LogP contribution >= 0.6 is 0 Å². The molecule has 1 aliphatic carbocycles. The largest absolute Gasteiger partial charge is 0.370 e. The first-order valence-corrected chi connectivity index (χ1v) is 7.23. The number of aromatic nitrogens is 1. The van der Waals surface area contributed by atoms with E-state index in [9.17, 15) is 0 Å². The Bertz CT molecular complexity index is 453. The van der Waals surface area contributed by atoms with Gasteiger partial charge in [0, 0.05) is 11.7 Å². The van der Waals surface area contributed by atoms with Crippen molar-refractivity contribution < 1.29 is 0 Å². The summed E-state index contributed by atoms with van der Waals surface area (Å²) in [6, 6.07) is 4.63. The third kappa shape index (κ3) is 3.94. The fraction of sp³-hybridized carbons (Fsp3) is 0.600. The van der Waals surface area contributed by atoms with Crippen molar-refractivity contribution in [1.82, 2.24) is 10.3 Å². The minimum atomic E-state index is 0.361. The molecular formula is C15H24N4. The van der Waals surface area contributed by atoms with Crippen LogP contribution in [0.2, 0.25) is 0 Å². The highest BCUT2D eigenvalue weighted by molar-refractivity contribution is 5.78. The van der Waals surface area contributed by atoms with E-state index in [1.807, 2.05) is 0 Å². The number of aliphatic imine (C=N–C) groups is 1. The van der Waals surface area contributed by atoms with Crippen LogP contribution in [0.3, 0.4) is 0 Å². The average Bonchev–Trinajstić information content (AvgIpc) is 2.44. The summed E-state index contributed by atoms with van der Waals surface area (Å²) in [7, 11) is 0. The van der Waals surface area contributed by atoms with Crippen molar-refractivity contribution in [2.24, 2.45) is 10.7 Å². The lowest BCUT2D eigenvalue weighted by molar-refractivity contribution is 0.635. The van der Waals surface area contributed by atoms with Gasteiger partial charge in [0.05, 0.1) is 12.2 Å². The van der Waals surface area contributed by atoms with E-state index in [1.54, 1.807) is 0 Å². The lowest BCUT2D eigenvalue weighted by atomic mass is 9.96. The number of hydrogen-bond donors (Lipinski definition) is 2. The van der Waals surface area contributed by atoms with Gasteiger partial charge in [0.2, 0.25) is 0 Å². The number of aryl methyl sites for hydroxylation is 2. The molecule has 1 aliphatic rings. The van der Waals surface area contributed by atoms with Gasteiger partial charge in [0.1, 0.15) is 0 Å². The van der Waals surface area contributed by atoms with Crippen molar-refractivity contribution in [2.75, 3.05) is 0 Å². The van der Waals surface area contributed by atoms with Crippen molar-refractivity contribution in [3.05, 3.63) is 29.1 Å². The van der Waals surface area contributed by atoms with Crippen LogP contribution in [0.15, 0.2) is 17.1 Å². The summed E-state index contributed by atoms with van der Waals surface area (Å²) in [4.78, 5) is 9.05. The first-order chi connectivity index (χ1) is 9.19. The molecule has 2 rings (SSSR count). The van der Waals surface area contributed by atoms with Crippen molar-refractivity contribution in [1.29, 1.82) is 0 Å². The molecule has 4 nitrogen and oxygen atoms in total. The molecule has 3 N–H and O–H groups in total. The summed E-state index contributed by atoms with van der Waals surface area (Å²) < 4.78 is 0. The molecule has 1 aromatic heterocycles. The highest BCUT2D eigenvalue weighted by atomic mass is 15.1. The van der Waals surface area contributed by atoms with E-state index in [-0.39, 0.29) is 0 Å². The summed E-state index contributed by atoms with van der Waals surface area (Å²) in [5, 5.41) is 3.16. The molecule has 0 saturated carbocycles. The highest BCUT2D eigenvalue weighted by Gasteiger charge is 2.10. The maximum absolute atomic E-state index is 5.85. The Hall–Kier alpha value is -1.58. The normalized spacial score (nSPS) is 16.8. The summed E-state index contributed by atoms with van der Waals surface area (Å²) >= 11 is 0. The fourth-order valence-electron chi connectivity index (χ4n) is 2.28. The minimum absolute atomic E-state index is 0.361. The summed E-state index contributed by atoms with van der Waals surface area (Å²) in [5.74, 6) is 0.508. The van der Waals surface area contributed by atoms with Gasteiger partial charge in [-0.05, 0) is 50.7 Å². The number of pyridine rings is 1. The molecule has 0 aliphatic heterocycles. The number of guanidine groups is 1. The van der Waals surface area contributed by atoms with Crippen LogP contribution in [0.5, 0.6) is 0 Å². The van der Waals surface area contributed by atoms with Crippen LogP contribution < -0.4 is 11.1 Å². The Kier molecular flexibility index (Phi) is 4.77. The first kappa shape index (κ1) is 13.8. The zero-order valence-electron chi connectivity index (χ0n) is 11.9. The second kappa shape index (κ2) is 6.55. The number of rotatable bonds is 4. The molecule has 1 atom stereocenters. The van der Waals surface area contributed by atoms with E-state index in [2.05, 4.69) is 36.3 Å². The Morgan fingerprint density at radius 2 is 2.21 bits per heavy atom. The summed E-state index contributed by atoms with van der Waals surface area (Å²) in [6.07, 6.45) is 5.85. The smallest absolute Gasteiger partial charge is 0.189 e. The van der Waals surface area contributed by atoms with Gasteiger partial charge in [0.15, 0.2) is 5.96 Å². The lowest BCUT2D eigenvalue weighted by Gasteiger charge is -2.15. The molecule has 4 heteroatoms. The molecule has 0 saturated heterocycles. The van der Waals surface area contributed by atoms with Crippen LogP contribution in [0.25, 0.3) is 0 Å². The minimum Gasteiger partial charge on any atom is -0.370 e. The van der Waals surface area contributed by atoms with E-state index in [0.717, 1.165) is 18.5 Å². The number of nitrogens with zero attached hydrogens (tertiary/aromatic N) is 2. The Morgan fingerprint density at radius 1 is 1.42 bits per heavy atom. The zero-order valence-corrected chi connectivity index (χ0v) is 11.9. The Labute approximate surface area is 115 Å². The van der Waals surface area contributed by atoms with Crippen LogP contribution in [0.4, 0.5) is 0 Å². The Morgan fingerprint density at radius 3 is 3.00 bits per heavy atom. The predicted molar refractivity (Wildman–Crippen MR) is 79.1 cm³/mol. The molecule has 104 valence electrons. The topological polar surface area (TPSA) is 63.3 Å². The Balaban J connectivity index is 1.97. The molecule has 0 radical (unpaired) electrons. The standard InChI is InChI=1S/C15H24N4/c1-3-11(2)18-15(16)17-10-13-9-8-12-6-4-5-7-14(12)19-13/h8-9,11H,3-7,10H2,1-2H3,(H3,16,17,18). The molecule has 0 fully saturated rings. The number of nitrogens with one attached hydrogen (secondary N) is 1. The SMILES string of the molecule is CCC(C)NC(N)=NCc1ccc2c(n1)CCCC2. The second-order valence-corrected chi connectivity index (χ2v) is 5.27. The van der Waals surface area contributed by atoms with Gasteiger partial charge in [-0.2, -0.15) is 0 Å². The van der Waals surface area contributed by atoms with Gasteiger partial charge in [-0.1, -0.05) is 13.0 Å². The van der Waals surface area contributed by atoms with Gasteiger partial charge in [0.25, 0.3) is 0 Å². The maximum atomic E-state index is 5.85. The zero-order chi connectivity index (χ0) is 13.7. The molecule has 1 aromatic rings. The third-order valence-electron chi connectivity index (χ3n) is 3.65. The van der Waals surface area contributed by atoms with Gasteiger partial charge in [-0.3, -0.25) is 4.98 Å². The second-order valence-electron chi connectivity index (χ2n) is 5.27. The maximum Gasteiger partial charge on any atom is 0.189 e. The molecule has 0 spiro atoms. The van der Waals surface area contributed by atoms with Crippen LogP contribution in [0, 0.1) is 0 Å². The van der Waals surface area contributed by atoms with Crippen LogP contribution in [-0.2, 0) is 19.4 Å². The number of fused-ring (bicyclic) bond motifs is 1. The monoisotopic (exact) mass is 260 g/mol. The van der Waals surface area contributed by atoms with Crippen LogP contribution in [0.1, 0.15) is 50.1 Å². The number of nitrogens with two attached hydrogens (primary N) is 1. The molecule has 0 amide bonds. The fourth-order valence-corrected chi connectivity index (χ4v) is 2.28. The summed E-state index contributed by atoms with van der Waals surface area (Å²) in [5.41, 5.74) is 9.52. The molecule has 1 unspecified atom stereocenters. The van der Waals surface area contributed by atoms with Gasteiger partial charge >= 0.3 is 0 Å². The van der Waals surface area contributed by atoms with Crippen molar-refractivity contribution in [2.45, 2.75) is 58.5 Å². The first-order valence-electron chi connectivity index (χ1n) is 7.23. The highest BCUT2D eigenvalue weighted by Crippen LogP contribution is 2.19. The lowest BCUT2D eigenvalue weighted by Crippen LogP contribution is -2.38. The van der Waals surface area contributed by atoms with E-state index in [4.69, 9.17) is 10.7 Å².